The first-order valence-electron chi connectivity index (χ1n) is 6.09. The summed E-state index contributed by atoms with van der Waals surface area (Å²) in [6, 6.07) is 7.17. The normalized spacial score (nSPS) is 19.3. The van der Waals surface area contributed by atoms with E-state index in [9.17, 15) is 4.79 Å². The number of carbonyl (C=O) groups is 1. The van der Waals surface area contributed by atoms with Crippen LogP contribution >= 0.6 is 0 Å². The molecule has 1 aliphatic heterocycles. The number of benzene rings is 1. The van der Waals surface area contributed by atoms with Crippen molar-refractivity contribution in [2.24, 2.45) is 0 Å². The van der Waals surface area contributed by atoms with Crippen LogP contribution in [0.15, 0.2) is 24.3 Å². The highest BCUT2D eigenvalue weighted by Crippen LogP contribution is 2.20. The Morgan fingerprint density at radius 2 is 2.11 bits per heavy atom. The molecule has 4 nitrogen and oxygen atoms in total. The molecule has 18 heavy (non-hydrogen) atoms. The SMILES string of the molecule is COC(CCOc1ccc(C(C)=O)cc1)C1CO1. The number of rotatable bonds is 7. The molecule has 0 spiro atoms. The van der Waals surface area contributed by atoms with Crippen LogP contribution in [0, 0.1) is 0 Å². The minimum Gasteiger partial charge on any atom is -0.493 e. The van der Waals surface area contributed by atoms with Gasteiger partial charge in [0.1, 0.15) is 11.9 Å². The van der Waals surface area contributed by atoms with Gasteiger partial charge in [0.25, 0.3) is 0 Å². The maximum atomic E-state index is 11.1. The molecule has 2 atom stereocenters. The van der Waals surface area contributed by atoms with Crippen LogP contribution in [-0.4, -0.2) is 38.3 Å². The third-order valence-corrected chi connectivity index (χ3v) is 3.01. The Hall–Kier alpha value is -1.39. The smallest absolute Gasteiger partial charge is 0.159 e. The van der Waals surface area contributed by atoms with Crippen molar-refractivity contribution in [3.63, 3.8) is 0 Å². The maximum absolute atomic E-state index is 11.1. The summed E-state index contributed by atoms with van der Waals surface area (Å²) in [5.74, 6) is 0.832. The van der Waals surface area contributed by atoms with E-state index in [0.29, 0.717) is 12.2 Å². The molecule has 98 valence electrons. The molecule has 0 N–H and O–H groups in total. The van der Waals surface area contributed by atoms with E-state index in [4.69, 9.17) is 14.2 Å². The van der Waals surface area contributed by atoms with Crippen molar-refractivity contribution in [2.45, 2.75) is 25.6 Å². The highest BCUT2D eigenvalue weighted by molar-refractivity contribution is 5.94. The van der Waals surface area contributed by atoms with Gasteiger partial charge in [0.05, 0.1) is 19.3 Å². The molecule has 1 aliphatic rings. The van der Waals surface area contributed by atoms with E-state index in [1.165, 1.54) is 0 Å². The molecular weight excluding hydrogens is 232 g/mol. The van der Waals surface area contributed by atoms with Crippen LogP contribution in [0.3, 0.4) is 0 Å². The van der Waals surface area contributed by atoms with Gasteiger partial charge in [-0.25, -0.2) is 0 Å². The molecule has 2 unspecified atom stereocenters. The van der Waals surface area contributed by atoms with Gasteiger partial charge in [0, 0.05) is 19.1 Å². The molecule has 1 aromatic rings. The zero-order valence-corrected chi connectivity index (χ0v) is 10.7. The van der Waals surface area contributed by atoms with Crippen LogP contribution in [0.25, 0.3) is 0 Å². The fourth-order valence-corrected chi connectivity index (χ4v) is 1.80. The lowest BCUT2D eigenvalue weighted by molar-refractivity contribution is 0.0579. The first-order valence-corrected chi connectivity index (χ1v) is 6.09. The Morgan fingerprint density at radius 3 is 2.61 bits per heavy atom. The van der Waals surface area contributed by atoms with Crippen LogP contribution in [0.4, 0.5) is 0 Å². The minimum absolute atomic E-state index is 0.0619. The molecule has 0 radical (unpaired) electrons. The fourth-order valence-electron chi connectivity index (χ4n) is 1.80. The topological polar surface area (TPSA) is 48.1 Å². The summed E-state index contributed by atoms with van der Waals surface area (Å²) in [4.78, 5) is 11.1. The predicted octanol–water partition coefficient (Wildman–Crippen LogP) is 2.07. The summed E-state index contributed by atoms with van der Waals surface area (Å²) in [6.07, 6.45) is 1.15. The van der Waals surface area contributed by atoms with E-state index < -0.39 is 0 Å². The molecule has 0 bridgehead atoms. The first-order chi connectivity index (χ1) is 8.70. The number of Topliss-reactive ketones (excluding diaryl/α,β-unsaturated/α-hetero) is 1. The van der Waals surface area contributed by atoms with Gasteiger partial charge in [-0.1, -0.05) is 0 Å². The molecule has 0 aromatic heterocycles. The van der Waals surface area contributed by atoms with E-state index in [1.54, 1.807) is 26.2 Å². The van der Waals surface area contributed by atoms with E-state index in [-0.39, 0.29) is 18.0 Å². The number of hydrogen-bond acceptors (Lipinski definition) is 4. The lowest BCUT2D eigenvalue weighted by Crippen LogP contribution is -2.21. The molecule has 0 aliphatic carbocycles. The largest absolute Gasteiger partial charge is 0.493 e. The van der Waals surface area contributed by atoms with Crippen molar-refractivity contribution in [2.75, 3.05) is 20.3 Å². The molecular formula is C14H18O4. The average molecular weight is 250 g/mol. The second kappa shape index (κ2) is 5.98. The lowest BCUT2D eigenvalue weighted by atomic mass is 10.1. The van der Waals surface area contributed by atoms with E-state index in [0.717, 1.165) is 18.8 Å². The van der Waals surface area contributed by atoms with Gasteiger partial charge in [-0.05, 0) is 31.2 Å². The van der Waals surface area contributed by atoms with Crippen LogP contribution < -0.4 is 4.74 Å². The molecule has 2 rings (SSSR count). The Kier molecular flexibility index (Phi) is 4.33. The maximum Gasteiger partial charge on any atom is 0.159 e. The zero-order valence-electron chi connectivity index (χ0n) is 10.7. The van der Waals surface area contributed by atoms with Gasteiger partial charge in [0.15, 0.2) is 5.78 Å². The molecule has 0 amide bonds. The fraction of sp³-hybridized carbons (Fsp3) is 0.500. The Labute approximate surface area is 107 Å². The summed E-state index contributed by atoms with van der Waals surface area (Å²) in [5.41, 5.74) is 0.698. The van der Waals surface area contributed by atoms with Crippen LogP contribution in [0.1, 0.15) is 23.7 Å². The molecule has 4 heteroatoms. The lowest BCUT2D eigenvalue weighted by Gasteiger charge is -2.13. The Morgan fingerprint density at radius 1 is 1.44 bits per heavy atom. The summed E-state index contributed by atoms with van der Waals surface area (Å²) in [5, 5.41) is 0. The Balaban J connectivity index is 1.77. The summed E-state index contributed by atoms with van der Waals surface area (Å²) in [6.45, 7) is 2.91. The van der Waals surface area contributed by atoms with Crippen molar-refractivity contribution in [3.8, 4) is 5.75 Å². The third kappa shape index (κ3) is 3.55. The van der Waals surface area contributed by atoms with E-state index >= 15 is 0 Å². The van der Waals surface area contributed by atoms with Crippen LogP contribution in [-0.2, 0) is 9.47 Å². The zero-order chi connectivity index (χ0) is 13.0. The van der Waals surface area contributed by atoms with Gasteiger partial charge in [-0.3, -0.25) is 4.79 Å². The van der Waals surface area contributed by atoms with Crippen molar-refractivity contribution in [3.05, 3.63) is 29.8 Å². The number of hydrogen-bond donors (Lipinski definition) is 0. The predicted molar refractivity (Wildman–Crippen MR) is 67.1 cm³/mol. The van der Waals surface area contributed by atoms with Gasteiger partial charge in [0.2, 0.25) is 0 Å². The molecule has 1 saturated heterocycles. The highest BCUT2D eigenvalue weighted by Gasteiger charge is 2.32. The van der Waals surface area contributed by atoms with Crippen LogP contribution in [0.5, 0.6) is 5.75 Å². The quantitative estimate of drug-likeness (QED) is 0.549. The van der Waals surface area contributed by atoms with Crippen molar-refractivity contribution >= 4 is 5.78 Å². The third-order valence-electron chi connectivity index (χ3n) is 3.01. The second-order valence-corrected chi connectivity index (χ2v) is 4.36. The standard InChI is InChI=1S/C14H18O4/c1-10(15)11-3-5-12(6-4-11)17-8-7-13(16-2)14-9-18-14/h3-6,13-14H,7-9H2,1-2H3. The number of epoxide rings is 1. The summed E-state index contributed by atoms with van der Waals surface area (Å²) >= 11 is 0. The molecule has 1 aromatic carbocycles. The highest BCUT2D eigenvalue weighted by atomic mass is 16.6. The van der Waals surface area contributed by atoms with Gasteiger partial charge < -0.3 is 14.2 Å². The number of carbonyl (C=O) groups excluding carboxylic acids is 1. The first kappa shape index (κ1) is 13.1. The number of methoxy groups -OCH3 is 1. The van der Waals surface area contributed by atoms with Crippen molar-refractivity contribution in [1.82, 2.24) is 0 Å². The summed E-state index contributed by atoms with van der Waals surface area (Å²) in [7, 11) is 1.69. The average Bonchev–Trinajstić information content (AvgIpc) is 3.19. The molecule has 1 fully saturated rings. The van der Waals surface area contributed by atoms with Crippen molar-refractivity contribution in [1.29, 1.82) is 0 Å². The van der Waals surface area contributed by atoms with E-state index in [2.05, 4.69) is 0 Å². The number of ketones is 1. The van der Waals surface area contributed by atoms with Crippen LogP contribution in [0.2, 0.25) is 0 Å². The van der Waals surface area contributed by atoms with Gasteiger partial charge in [-0.15, -0.1) is 0 Å². The minimum atomic E-state index is 0.0619. The van der Waals surface area contributed by atoms with Gasteiger partial charge in [-0.2, -0.15) is 0 Å². The van der Waals surface area contributed by atoms with Crippen molar-refractivity contribution < 1.29 is 19.0 Å². The summed E-state index contributed by atoms with van der Waals surface area (Å²) < 4.78 is 16.1. The Bertz CT molecular complexity index is 395. The molecule has 0 saturated carbocycles. The van der Waals surface area contributed by atoms with Gasteiger partial charge >= 0.3 is 0 Å². The second-order valence-electron chi connectivity index (χ2n) is 4.36. The van der Waals surface area contributed by atoms with E-state index in [1.807, 2.05) is 12.1 Å². The number of ether oxygens (including phenoxy) is 3. The molecule has 1 heterocycles. The monoisotopic (exact) mass is 250 g/mol.